The second-order valence-electron chi connectivity index (χ2n) is 7.03. The van der Waals surface area contributed by atoms with Gasteiger partial charge in [0.25, 0.3) is 5.91 Å². The highest BCUT2D eigenvalue weighted by Crippen LogP contribution is 2.35. The molecule has 0 N–H and O–H groups in total. The van der Waals surface area contributed by atoms with Gasteiger partial charge in [-0.15, -0.1) is 0 Å². The highest BCUT2D eigenvalue weighted by Gasteiger charge is 2.34. The third-order valence-corrected chi connectivity index (χ3v) is 7.24. The average molecular weight is 572 g/mol. The number of hydrogen-bond donors (Lipinski definition) is 0. The minimum absolute atomic E-state index is 0.0735. The lowest BCUT2D eigenvalue weighted by molar-refractivity contribution is -0.123. The first kappa shape index (κ1) is 22.1. The van der Waals surface area contributed by atoms with Crippen LogP contribution in [0.3, 0.4) is 0 Å². The molecule has 8 heteroatoms. The van der Waals surface area contributed by atoms with Gasteiger partial charge in [0.1, 0.15) is 16.7 Å². The molecule has 156 valence electrons. The number of halogens is 2. The Morgan fingerprint density at radius 1 is 1.30 bits per heavy atom. The summed E-state index contributed by atoms with van der Waals surface area (Å²) in [6, 6.07) is 13.7. The van der Waals surface area contributed by atoms with Gasteiger partial charge in [-0.2, -0.15) is 0 Å². The van der Waals surface area contributed by atoms with Gasteiger partial charge in [-0.1, -0.05) is 53.8 Å². The predicted octanol–water partition coefficient (Wildman–Crippen LogP) is 5.90. The maximum Gasteiger partial charge on any atom is 0.266 e. The van der Waals surface area contributed by atoms with E-state index in [0.717, 1.165) is 30.6 Å². The Morgan fingerprint density at radius 2 is 2.10 bits per heavy atom. The summed E-state index contributed by atoms with van der Waals surface area (Å²) in [7, 11) is 0. The molecule has 30 heavy (non-hydrogen) atoms. The zero-order chi connectivity index (χ0) is 21.1. The maximum atomic E-state index is 12.8. The van der Waals surface area contributed by atoms with E-state index in [0.29, 0.717) is 33.1 Å². The van der Waals surface area contributed by atoms with E-state index in [2.05, 4.69) is 22.6 Å². The molecule has 0 spiro atoms. The van der Waals surface area contributed by atoms with Crippen LogP contribution in [0.1, 0.15) is 24.0 Å². The van der Waals surface area contributed by atoms with Gasteiger partial charge in [0.15, 0.2) is 0 Å². The van der Waals surface area contributed by atoms with Crippen molar-refractivity contribution in [2.24, 2.45) is 0 Å². The number of hydrogen-bond acceptors (Lipinski definition) is 5. The molecule has 2 fully saturated rings. The van der Waals surface area contributed by atoms with Gasteiger partial charge in [0.2, 0.25) is 0 Å². The molecule has 0 saturated carbocycles. The third-order valence-electron chi connectivity index (χ3n) is 4.85. The van der Waals surface area contributed by atoms with Crippen LogP contribution in [0.2, 0.25) is 5.02 Å². The highest BCUT2D eigenvalue weighted by atomic mass is 127. The minimum atomic E-state index is -0.0735. The first-order chi connectivity index (χ1) is 14.5. The quantitative estimate of drug-likeness (QED) is 0.245. The van der Waals surface area contributed by atoms with E-state index in [1.807, 2.05) is 42.5 Å². The first-order valence-electron chi connectivity index (χ1n) is 9.53. The summed E-state index contributed by atoms with van der Waals surface area (Å²) in [6.45, 7) is 1.72. The topological polar surface area (TPSA) is 38.8 Å². The van der Waals surface area contributed by atoms with Crippen LogP contribution in [0, 0.1) is 3.57 Å². The average Bonchev–Trinajstić information content (AvgIpc) is 3.33. The van der Waals surface area contributed by atoms with E-state index >= 15 is 0 Å². The van der Waals surface area contributed by atoms with Gasteiger partial charge in [-0.3, -0.25) is 9.69 Å². The van der Waals surface area contributed by atoms with Crippen molar-refractivity contribution < 1.29 is 14.3 Å². The summed E-state index contributed by atoms with van der Waals surface area (Å²) < 4.78 is 13.2. The number of carbonyl (C=O) groups is 1. The number of thioether (sulfide) groups is 1. The van der Waals surface area contributed by atoms with E-state index in [1.54, 1.807) is 11.0 Å². The van der Waals surface area contributed by atoms with Gasteiger partial charge in [0, 0.05) is 10.2 Å². The van der Waals surface area contributed by atoms with E-state index in [4.69, 9.17) is 33.3 Å². The van der Waals surface area contributed by atoms with Crippen LogP contribution in [0.15, 0.2) is 47.4 Å². The highest BCUT2D eigenvalue weighted by molar-refractivity contribution is 14.1. The fourth-order valence-electron chi connectivity index (χ4n) is 3.27. The molecule has 2 aliphatic heterocycles. The van der Waals surface area contributed by atoms with Crippen molar-refractivity contribution in [3.8, 4) is 5.75 Å². The second-order valence-corrected chi connectivity index (χ2v) is 10.4. The molecule has 0 radical (unpaired) electrons. The Hall–Kier alpha value is -1.13. The fraction of sp³-hybridized carbons (Fsp3) is 0.273. The number of thiocarbonyl (C=S) groups is 1. The SMILES string of the molecule is O=C1/C(=C/c2ccc(OCc3ccc(I)cc3)c(Cl)c2)SC(=S)N1C[C@@H]1CCCO1. The summed E-state index contributed by atoms with van der Waals surface area (Å²) in [5, 5.41) is 0.504. The Balaban J connectivity index is 1.42. The summed E-state index contributed by atoms with van der Waals surface area (Å²) in [5.74, 6) is 0.536. The van der Waals surface area contributed by atoms with E-state index in [1.165, 1.54) is 15.3 Å². The van der Waals surface area contributed by atoms with Gasteiger partial charge in [-0.05, 0) is 76.9 Å². The zero-order valence-electron chi connectivity index (χ0n) is 16.0. The lowest BCUT2D eigenvalue weighted by atomic mass is 10.2. The summed E-state index contributed by atoms with van der Waals surface area (Å²) in [4.78, 5) is 15.0. The van der Waals surface area contributed by atoms with Crippen LogP contribution >= 0.6 is 58.2 Å². The summed E-state index contributed by atoms with van der Waals surface area (Å²) in [6.07, 6.45) is 3.90. The number of carbonyl (C=O) groups excluding carboxylic acids is 1. The van der Waals surface area contributed by atoms with Crippen molar-refractivity contribution in [3.63, 3.8) is 0 Å². The van der Waals surface area contributed by atoms with Gasteiger partial charge < -0.3 is 9.47 Å². The van der Waals surface area contributed by atoms with Crippen molar-refractivity contribution in [1.82, 2.24) is 4.90 Å². The number of nitrogens with zero attached hydrogens (tertiary/aromatic N) is 1. The van der Waals surface area contributed by atoms with Crippen molar-refractivity contribution in [2.45, 2.75) is 25.6 Å². The molecule has 2 aliphatic rings. The van der Waals surface area contributed by atoms with Crippen molar-refractivity contribution in [2.75, 3.05) is 13.2 Å². The van der Waals surface area contributed by atoms with Crippen LogP contribution in [-0.2, 0) is 16.1 Å². The second kappa shape index (κ2) is 9.99. The van der Waals surface area contributed by atoms with Crippen LogP contribution < -0.4 is 4.74 Å². The third kappa shape index (κ3) is 5.37. The minimum Gasteiger partial charge on any atom is -0.487 e. The molecule has 0 bridgehead atoms. The first-order valence-corrected chi connectivity index (χ1v) is 12.2. The smallest absolute Gasteiger partial charge is 0.266 e. The van der Waals surface area contributed by atoms with E-state index < -0.39 is 0 Å². The molecular formula is C22H19ClINO3S2. The normalized spacial score (nSPS) is 20.4. The van der Waals surface area contributed by atoms with Gasteiger partial charge in [0.05, 0.1) is 22.6 Å². The van der Waals surface area contributed by atoms with Gasteiger partial charge in [-0.25, -0.2) is 0 Å². The number of ether oxygens (including phenoxy) is 2. The molecule has 0 aliphatic carbocycles. The predicted molar refractivity (Wildman–Crippen MR) is 134 cm³/mol. The molecule has 0 aromatic heterocycles. The van der Waals surface area contributed by atoms with Crippen molar-refractivity contribution in [3.05, 3.63) is 67.1 Å². The standard InChI is InChI=1S/C22H19ClINO3S2/c23-18-10-15(5-8-19(18)28-13-14-3-6-16(24)7-4-14)11-20-21(26)25(22(29)30-20)12-17-2-1-9-27-17/h3-8,10-11,17H,1-2,9,12-13H2/b20-11-/t17-/m0/s1. The molecule has 0 unspecified atom stereocenters. The Bertz CT molecular complexity index is 990. The molecular weight excluding hydrogens is 553 g/mol. The monoisotopic (exact) mass is 571 g/mol. The van der Waals surface area contributed by atoms with Crippen LogP contribution in [-0.4, -0.2) is 34.4 Å². The van der Waals surface area contributed by atoms with Crippen LogP contribution in [0.25, 0.3) is 6.08 Å². The molecule has 2 aromatic carbocycles. The van der Waals surface area contributed by atoms with E-state index in [-0.39, 0.29) is 12.0 Å². The lowest BCUT2D eigenvalue weighted by Crippen LogP contribution is -2.35. The molecule has 1 atom stereocenters. The summed E-state index contributed by atoms with van der Waals surface area (Å²) >= 11 is 15.4. The Labute approximate surface area is 204 Å². The van der Waals surface area contributed by atoms with Crippen molar-refractivity contribution >= 4 is 74.5 Å². The molecule has 2 aromatic rings. The summed E-state index contributed by atoms with van der Waals surface area (Å²) in [5.41, 5.74) is 1.91. The molecule has 4 nitrogen and oxygen atoms in total. The maximum absolute atomic E-state index is 12.8. The Kier molecular flexibility index (Phi) is 7.36. The molecule has 2 heterocycles. The van der Waals surface area contributed by atoms with Crippen LogP contribution in [0.5, 0.6) is 5.75 Å². The van der Waals surface area contributed by atoms with Crippen molar-refractivity contribution in [1.29, 1.82) is 0 Å². The fourth-order valence-corrected chi connectivity index (χ4v) is 5.14. The van der Waals surface area contributed by atoms with Crippen LogP contribution in [0.4, 0.5) is 0 Å². The Morgan fingerprint density at radius 3 is 2.80 bits per heavy atom. The lowest BCUT2D eigenvalue weighted by Gasteiger charge is -2.18. The van der Waals surface area contributed by atoms with Gasteiger partial charge >= 0.3 is 0 Å². The largest absolute Gasteiger partial charge is 0.487 e. The molecule has 2 saturated heterocycles. The number of amides is 1. The number of rotatable bonds is 6. The van der Waals surface area contributed by atoms with E-state index in [9.17, 15) is 4.79 Å². The molecule has 1 amide bonds. The zero-order valence-corrected chi connectivity index (χ0v) is 20.5. The number of benzene rings is 2. The molecule has 4 rings (SSSR count).